The molecule has 1 aliphatic carbocycles. The fourth-order valence-electron chi connectivity index (χ4n) is 3.28. The molecule has 1 N–H and O–H groups in total. The van der Waals surface area contributed by atoms with Gasteiger partial charge in [0, 0.05) is 18.7 Å². The Kier molecular flexibility index (Phi) is 3.91. The van der Waals surface area contributed by atoms with Gasteiger partial charge >= 0.3 is 0 Å². The smallest absolute Gasteiger partial charge is 0.0692 e. The molecule has 2 fully saturated rings. The Morgan fingerprint density at radius 3 is 2.44 bits per heavy atom. The minimum absolute atomic E-state index is 0.172. The van der Waals surface area contributed by atoms with Crippen LogP contribution in [-0.2, 0) is 4.74 Å². The van der Waals surface area contributed by atoms with E-state index in [1.54, 1.807) is 0 Å². The SMILES string of the molecule is CCC1(CC)CC(NC2CC(C)C2)CCO1. The lowest BCUT2D eigenvalue weighted by molar-refractivity contribution is -0.0954. The van der Waals surface area contributed by atoms with Crippen molar-refractivity contribution in [2.45, 2.75) is 77.0 Å². The van der Waals surface area contributed by atoms with E-state index >= 15 is 0 Å². The molecule has 1 saturated carbocycles. The molecule has 94 valence electrons. The van der Waals surface area contributed by atoms with Gasteiger partial charge in [-0.25, -0.2) is 0 Å². The van der Waals surface area contributed by atoms with E-state index in [1.807, 2.05) is 0 Å². The van der Waals surface area contributed by atoms with E-state index in [-0.39, 0.29) is 5.60 Å². The third-order valence-corrected chi connectivity index (χ3v) is 4.63. The summed E-state index contributed by atoms with van der Waals surface area (Å²) in [6.45, 7) is 7.82. The summed E-state index contributed by atoms with van der Waals surface area (Å²) in [5.41, 5.74) is 0.172. The summed E-state index contributed by atoms with van der Waals surface area (Å²) in [4.78, 5) is 0. The topological polar surface area (TPSA) is 21.3 Å². The van der Waals surface area contributed by atoms with E-state index in [4.69, 9.17) is 4.74 Å². The lowest BCUT2D eigenvalue weighted by Gasteiger charge is -2.44. The summed E-state index contributed by atoms with van der Waals surface area (Å²) in [6, 6.07) is 1.50. The first-order chi connectivity index (χ1) is 7.67. The molecule has 0 aromatic carbocycles. The van der Waals surface area contributed by atoms with E-state index in [0.717, 1.165) is 31.4 Å². The average molecular weight is 225 g/mol. The van der Waals surface area contributed by atoms with Crippen LogP contribution >= 0.6 is 0 Å². The predicted octanol–water partition coefficient (Wildman–Crippen LogP) is 3.11. The van der Waals surface area contributed by atoms with Crippen LogP contribution in [0.5, 0.6) is 0 Å². The van der Waals surface area contributed by atoms with Crippen molar-refractivity contribution in [1.82, 2.24) is 5.32 Å². The Balaban J connectivity index is 1.82. The van der Waals surface area contributed by atoms with Gasteiger partial charge in [0.1, 0.15) is 0 Å². The molecule has 0 aromatic rings. The summed E-state index contributed by atoms with van der Waals surface area (Å²) in [6.07, 6.45) is 7.48. The predicted molar refractivity (Wildman–Crippen MR) is 67.6 cm³/mol. The maximum Gasteiger partial charge on any atom is 0.0692 e. The molecule has 0 radical (unpaired) electrons. The molecule has 1 heterocycles. The van der Waals surface area contributed by atoms with E-state index in [2.05, 4.69) is 26.1 Å². The normalized spacial score (nSPS) is 38.1. The van der Waals surface area contributed by atoms with Gasteiger partial charge in [-0.15, -0.1) is 0 Å². The summed E-state index contributed by atoms with van der Waals surface area (Å²) in [5.74, 6) is 0.944. The summed E-state index contributed by atoms with van der Waals surface area (Å²) >= 11 is 0. The van der Waals surface area contributed by atoms with Crippen molar-refractivity contribution >= 4 is 0 Å². The molecular formula is C14H27NO. The van der Waals surface area contributed by atoms with Crippen LogP contribution in [-0.4, -0.2) is 24.3 Å². The van der Waals surface area contributed by atoms with Crippen molar-refractivity contribution in [2.75, 3.05) is 6.61 Å². The lowest BCUT2D eigenvalue weighted by Crippen LogP contribution is -2.52. The van der Waals surface area contributed by atoms with E-state index in [1.165, 1.54) is 25.7 Å². The molecule has 2 rings (SSSR count). The quantitative estimate of drug-likeness (QED) is 0.794. The van der Waals surface area contributed by atoms with E-state index in [9.17, 15) is 0 Å². The molecule has 1 unspecified atom stereocenters. The Bertz CT molecular complexity index is 219. The molecule has 0 spiro atoms. The minimum Gasteiger partial charge on any atom is -0.375 e. The third-order valence-electron chi connectivity index (χ3n) is 4.63. The number of hydrogen-bond donors (Lipinski definition) is 1. The lowest BCUT2D eigenvalue weighted by atomic mass is 9.80. The van der Waals surface area contributed by atoms with Gasteiger partial charge in [-0.3, -0.25) is 0 Å². The highest BCUT2D eigenvalue weighted by atomic mass is 16.5. The van der Waals surface area contributed by atoms with Gasteiger partial charge < -0.3 is 10.1 Å². The maximum atomic E-state index is 6.01. The summed E-state index contributed by atoms with van der Waals surface area (Å²) in [5, 5.41) is 3.83. The fourth-order valence-corrected chi connectivity index (χ4v) is 3.28. The van der Waals surface area contributed by atoms with E-state index < -0.39 is 0 Å². The zero-order valence-corrected chi connectivity index (χ0v) is 11.1. The fraction of sp³-hybridized carbons (Fsp3) is 1.00. The van der Waals surface area contributed by atoms with Crippen LogP contribution in [0.2, 0.25) is 0 Å². The Labute approximate surface area is 100 Å². The minimum atomic E-state index is 0.172. The molecule has 1 saturated heterocycles. The highest BCUT2D eigenvalue weighted by Gasteiger charge is 2.36. The van der Waals surface area contributed by atoms with Crippen molar-refractivity contribution in [3.63, 3.8) is 0 Å². The third kappa shape index (κ3) is 2.60. The first kappa shape index (κ1) is 12.4. The largest absolute Gasteiger partial charge is 0.375 e. The van der Waals surface area contributed by atoms with Crippen molar-refractivity contribution < 1.29 is 4.74 Å². The maximum absolute atomic E-state index is 6.01. The van der Waals surface area contributed by atoms with Crippen molar-refractivity contribution in [1.29, 1.82) is 0 Å². The van der Waals surface area contributed by atoms with Crippen LogP contribution in [0.15, 0.2) is 0 Å². The number of nitrogens with one attached hydrogen (secondary N) is 1. The zero-order chi connectivity index (χ0) is 11.6. The standard InChI is InChI=1S/C14H27NO/c1-4-14(5-2)10-12(6-7-16-14)15-13-8-11(3)9-13/h11-13,15H,4-10H2,1-3H3. The van der Waals surface area contributed by atoms with Crippen LogP contribution in [0.4, 0.5) is 0 Å². The van der Waals surface area contributed by atoms with Gasteiger partial charge in [-0.1, -0.05) is 20.8 Å². The molecule has 16 heavy (non-hydrogen) atoms. The van der Waals surface area contributed by atoms with Gasteiger partial charge in [0.25, 0.3) is 0 Å². The highest BCUT2D eigenvalue weighted by Crippen LogP contribution is 2.33. The zero-order valence-electron chi connectivity index (χ0n) is 11.1. The monoisotopic (exact) mass is 225 g/mol. The average Bonchev–Trinajstić information content (AvgIpc) is 2.27. The Hall–Kier alpha value is -0.0800. The van der Waals surface area contributed by atoms with Crippen LogP contribution < -0.4 is 5.32 Å². The van der Waals surface area contributed by atoms with Gasteiger partial charge in [-0.05, 0) is 44.4 Å². The van der Waals surface area contributed by atoms with Crippen LogP contribution in [0.3, 0.4) is 0 Å². The summed E-state index contributed by atoms with van der Waals surface area (Å²) in [7, 11) is 0. The van der Waals surface area contributed by atoms with Crippen molar-refractivity contribution in [2.24, 2.45) is 5.92 Å². The van der Waals surface area contributed by atoms with Crippen LogP contribution in [0.1, 0.15) is 59.3 Å². The number of rotatable bonds is 4. The summed E-state index contributed by atoms with van der Waals surface area (Å²) < 4.78 is 6.01. The van der Waals surface area contributed by atoms with Crippen molar-refractivity contribution in [3.05, 3.63) is 0 Å². The molecular weight excluding hydrogens is 198 g/mol. The van der Waals surface area contributed by atoms with Gasteiger partial charge in [0.05, 0.1) is 5.60 Å². The first-order valence-electron chi connectivity index (χ1n) is 7.07. The number of ether oxygens (including phenoxy) is 1. The molecule has 1 aliphatic heterocycles. The molecule has 2 heteroatoms. The molecule has 2 aliphatic rings. The highest BCUT2D eigenvalue weighted by molar-refractivity contribution is 4.92. The molecule has 1 atom stereocenters. The van der Waals surface area contributed by atoms with Gasteiger partial charge in [0.15, 0.2) is 0 Å². The molecule has 0 aromatic heterocycles. The molecule has 0 amide bonds. The Morgan fingerprint density at radius 2 is 1.88 bits per heavy atom. The number of hydrogen-bond acceptors (Lipinski definition) is 2. The second kappa shape index (κ2) is 5.05. The van der Waals surface area contributed by atoms with Crippen LogP contribution in [0, 0.1) is 5.92 Å². The second-order valence-corrected chi connectivity index (χ2v) is 5.87. The van der Waals surface area contributed by atoms with Gasteiger partial charge in [-0.2, -0.15) is 0 Å². The van der Waals surface area contributed by atoms with Crippen molar-refractivity contribution in [3.8, 4) is 0 Å². The second-order valence-electron chi connectivity index (χ2n) is 5.87. The van der Waals surface area contributed by atoms with E-state index in [0.29, 0.717) is 6.04 Å². The Morgan fingerprint density at radius 1 is 1.19 bits per heavy atom. The first-order valence-corrected chi connectivity index (χ1v) is 7.07. The molecule has 0 bridgehead atoms. The molecule has 2 nitrogen and oxygen atoms in total. The van der Waals surface area contributed by atoms with Crippen LogP contribution in [0.25, 0.3) is 0 Å². The van der Waals surface area contributed by atoms with Gasteiger partial charge in [0.2, 0.25) is 0 Å².